The average molecular weight is 377 g/mol. The Bertz CT molecular complexity index is 1210. The number of carbonyl (C=O) groups excluding carboxylic acids is 1. The summed E-state index contributed by atoms with van der Waals surface area (Å²) >= 11 is 1.51. The third kappa shape index (κ3) is 3.13. The molecule has 0 atom stereocenters. The lowest BCUT2D eigenvalue weighted by atomic mass is 10.1. The SMILES string of the molecule is CCN(Cc1nc2ccccc2c(=O)[nH]1)C(=O)c1sc2ccccc2c1C. The fourth-order valence-electron chi connectivity index (χ4n) is 3.24. The highest BCUT2D eigenvalue weighted by molar-refractivity contribution is 7.21. The second-order valence-electron chi connectivity index (χ2n) is 6.40. The van der Waals surface area contributed by atoms with Gasteiger partial charge >= 0.3 is 0 Å². The number of rotatable bonds is 4. The van der Waals surface area contributed by atoms with E-state index >= 15 is 0 Å². The summed E-state index contributed by atoms with van der Waals surface area (Å²) in [6.45, 7) is 4.71. The number of hydrogen-bond donors (Lipinski definition) is 1. The molecule has 4 aromatic rings. The smallest absolute Gasteiger partial charge is 0.264 e. The van der Waals surface area contributed by atoms with Gasteiger partial charge < -0.3 is 9.88 Å². The van der Waals surface area contributed by atoms with Crippen LogP contribution < -0.4 is 5.56 Å². The minimum Gasteiger partial charge on any atom is -0.331 e. The number of aromatic amines is 1. The first kappa shape index (κ1) is 17.4. The number of H-pyrrole nitrogens is 1. The molecule has 1 N–H and O–H groups in total. The lowest BCUT2D eigenvalue weighted by molar-refractivity contribution is 0.0753. The van der Waals surface area contributed by atoms with Crippen LogP contribution in [0.5, 0.6) is 0 Å². The van der Waals surface area contributed by atoms with Crippen LogP contribution in [0.25, 0.3) is 21.0 Å². The molecule has 136 valence electrons. The molecule has 2 aromatic heterocycles. The largest absolute Gasteiger partial charge is 0.331 e. The molecule has 0 saturated heterocycles. The molecule has 0 bridgehead atoms. The summed E-state index contributed by atoms with van der Waals surface area (Å²) in [7, 11) is 0. The zero-order valence-electron chi connectivity index (χ0n) is 15.2. The molecule has 1 amide bonds. The number of thiophene rings is 1. The number of benzene rings is 2. The van der Waals surface area contributed by atoms with Crippen molar-refractivity contribution in [3.63, 3.8) is 0 Å². The molecule has 0 aliphatic carbocycles. The van der Waals surface area contributed by atoms with Crippen LogP contribution >= 0.6 is 11.3 Å². The predicted molar refractivity (Wildman–Crippen MR) is 109 cm³/mol. The molecule has 0 saturated carbocycles. The van der Waals surface area contributed by atoms with E-state index in [1.54, 1.807) is 11.0 Å². The average Bonchev–Trinajstić information content (AvgIpc) is 3.02. The van der Waals surface area contributed by atoms with Crippen molar-refractivity contribution in [2.75, 3.05) is 6.54 Å². The Kier molecular flexibility index (Phi) is 4.49. The van der Waals surface area contributed by atoms with E-state index in [1.807, 2.05) is 56.3 Å². The Morgan fingerprint density at radius 3 is 2.56 bits per heavy atom. The normalized spacial score (nSPS) is 11.2. The molecular formula is C21H19N3O2S. The van der Waals surface area contributed by atoms with Gasteiger partial charge in [0.25, 0.3) is 11.5 Å². The molecular weight excluding hydrogens is 358 g/mol. The van der Waals surface area contributed by atoms with Gasteiger partial charge in [-0.2, -0.15) is 0 Å². The quantitative estimate of drug-likeness (QED) is 0.582. The first-order valence-corrected chi connectivity index (χ1v) is 9.65. The zero-order valence-corrected chi connectivity index (χ0v) is 16.0. The van der Waals surface area contributed by atoms with Gasteiger partial charge in [-0.3, -0.25) is 9.59 Å². The molecule has 27 heavy (non-hydrogen) atoms. The summed E-state index contributed by atoms with van der Waals surface area (Å²) in [5.74, 6) is 0.458. The van der Waals surface area contributed by atoms with E-state index in [0.717, 1.165) is 20.5 Å². The lowest BCUT2D eigenvalue weighted by Gasteiger charge is -2.20. The number of para-hydroxylation sites is 1. The molecule has 0 aliphatic heterocycles. The van der Waals surface area contributed by atoms with Crippen LogP contribution in [-0.2, 0) is 6.54 Å². The fraction of sp³-hybridized carbons (Fsp3) is 0.190. The molecule has 2 aromatic carbocycles. The van der Waals surface area contributed by atoms with Crippen LogP contribution in [0.15, 0.2) is 53.3 Å². The van der Waals surface area contributed by atoms with Crippen LogP contribution in [0.2, 0.25) is 0 Å². The highest BCUT2D eigenvalue weighted by Crippen LogP contribution is 2.31. The summed E-state index contributed by atoms with van der Waals surface area (Å²) in [6.07, 6.45) is 0. The monoisotopic (exact) mass is 377 g/mol. The Morgan fingerprint density at radius 1 is 1.11 bits per heavy atom. The van der Waals surface area contributed by atoms with Crippen molar-refractivity contribution in [2.45, 2.75) is 20.4 Å². The van der Waals surface area contributed by atoms with Crippen LogP contribution in [0.1, 0.15) is 28.0 Å². The van der Waals surface area contributed by atoms with Gasteiger partial charge in [0.15, 0.2) is 0 Å². The maximum atomic E-state index is 13.1. The molecule has 5 nitrogen and oxygen atoms in total. The van der Waals surface area contributed by atoms with E-state index in [-0.39, 0.29) is 18.0 Å². The highest BCUT2D eigenvalue weighted by atomic mass is 32.1. The van der Waals surface area contributed by atoms with Crippen molar-refractivity contribution >= 4 is 38.2 Å². The Labute approximate surface area is 160 Å². The van der Waals surface area contributed by atoms with E-state index in [4.69, 9.17) is 0 Å². The first-order chi connectivity index (χ1) is 13.1. The maximum absolute atomic E-state index is 13.1. The number of carbonyl (C=O) groups is 1. The lowest BCUT2D eigenvalue weighted by Crippen LogP contribution is -2.31. The highest BCUT2D eigenvalue weighted by Gasteiger charge is 2.21. The summed E-state index contributed by atoms with van der Waals surface area (Å²) in [5.41, 5.74) is 1.45. The van der Waals surface area contributed by atoms with Crippen LogP contribution in [0.3, 0.4) is 0 Å². The maximum Gasteiger partial charge on any atom is 0.264 e. The third-order valence-corrected chi connectivity index (χ3v) is 5.97. The van der Waals surface area contributed by atoms with Gasteiger partial charge in [-0.15, -0.1) is 11.3 Å². The summed E-state index contributed by atoms with van der Waals surface area (Å²) in [6, 6.07) is 15.2. The van der Waals surface area contributed by atoms with Crippen LogP contribution in [0, 0.1) is 6.92 Å². The van der Waals surface area contributed by atoms with Gasteiger partial charge in [-0.25, -0.2) is 4.98 Å². The van der Waals surface area contributed by atoms with Gasteiger partial charge in [0, 0.05) is 11.2 Å². The van der Waals surface area contributed by atoms with Gasteiger partial charge in [0.2, 0.25) is 0 Å². The van der Waals surface area contributed by atoms with Crippen molar-refractivity contribution in [1.29, 1.82) is 0 Å². The standard InChI is InChI=1S/C21H19N3O2S/c1-3-24(12-18-22-16-10-6-4-9-15(16)20(25)23-18)21(26)19-13(2)14-8-5-7-11-17(14)27-19/h4-11H,3,12H2,1-2H3,(H,22,23,25). The Balaban J connectivity index is 1.68. The molecule has 0 unspecified atom stereocenters. The topological polar surface area (TPSA) is 66.1 Å². The van der Waals surface area contributed by atoms with Crippen molar-refractivity contribution in [3.05, 3.63) is 75.1 Å². The number of hydrogen-bond acceptors (Lipinski definition) is 4. The van der Waals surface area contributed by atoms with E-state index in [9.17, 15) is 9.59 Å². The Hall–Kier alpha value is -2.99. The summed E-state index contributed by atoms with van der Waals surface area (Å²) < 4.78 is 1.10. The molecule has 0 fully saturated rings. The van der Waals surface area contributed by atoms with E-state index in [1.165, 1.54) is 11.3 Å². The molecule has 4 rings (SSSR count). The molecule has 0 aliphatic rings. The number of aryl methyl sites for hydroxylation is 1. The first-order valence-electron chi connectivity index (χ1n) is 8.84. The fourth-order valence-corrected chi connectivity index (χ4v) is 4.42. The van der Waals surface area contributed by atoms with Crippen molar-refractivity contribution in [1.82, 2.24) is 14.9 Å². The third-order valence-electron chi connectivity index (χ3n) is 4.71. The minimum absolute atomic E-state index is 0.0352. The molecule has 0 radical (unpaired) electrons. The van der Waals surface area contributed by atoms with Gasteiger partial charge in [-0.05, 0) is 43.0 Å². The second-order valence-corrected chi connectivity index (χ2v) is 7.45. The number of nitrogens with one attached hydrogen (secondary N) is 1. The van der Waals surface area contributed by atoms with E-state index in [0.29, 0.717) is 23.3 Å². The molecule has 0 spiro atoms. The van der Waals surface area contributed by atoms with Crippen molar-refractivity contribution in [2.24, 2.45) is 0 Å². The number of amides is 1. The minimum atomic E-state index is -0.183. The van der Waals surface area contributed by atoms with Crippen LogP contribution in [-0.4, -0.2) is 27.3 Å². The summed E-state index contributed by atoms with van der Waals surface area (Å²) in [4.78, 5) is 35.2. The second kappa shape index (κ2) is 6.96. The number of fused-ring (bicyclic) bond motifs is 2. The van der Waals surface area contributed by atoms with Gasteiger partial charge in [0.1, 0.15) is 5.82 Å². The van der Waals surface area contributed by atoms with E-state index in [2.05, 4.69) is 9.97 Å². The van der Waals surface area contributed by atoms with Crippen molar-refractivity contribution in [3.8, 4) is 0 Å². The number of aromatic nitrogens is 2. The van der Waals surface area contributed by atoms with Gasteiger partial charge in [-0.1, -0.05) is 30.3 Å². The summed E-state index contributed by atoms with van der Waals surface area (Å²) in [5, 5.41) is 1.66. The van der Waals surface area contributed by atoms with Crippen LogP contribution in [0.4, 0.5) is 0 Å². The predicted octanol–water partition coefficient (Wildman–Crippen LogP) is 4.11. The number of nitrogens with zero attached hydrogens (tertiary/aromatic N) is 2. The zero-order chi connectivity index (χ0) is 19.0. The molecule has 2 heterocycles. The Morgan fingerprint density at radius 2 is 1.81 bits per heavy atom. The van der Waals surface area contributed by atoms with E-state index < -0.39 is 0 Å². The van der Waals surface area contributed by atoms with Gasteiger partial charge in [0.05, 0.1) is 22.3 Å². The molecule has 6 heteroatoms. The van der Waals surface area contributed by atoms with Crippen molar-refractivity contribution < 1.29 is 4.79 Å².